The van der Waals surface area contributed by atoms with Crippen molar-refractivity contribution in [3.63, 3.8) is 0 Å². The second-order valence-corrected chi connectivity index (χ2v) is 7.20. The fraction of sp³-hybridized carbons (Fsp3) is 0.250. The first-order valence-electron chi connectivity index (χ1n) is 7.25. The number of thiazole rings is 1. The zero-order valence-corrected chi connectivity index (χ0v) is 13.5. The third-order valence-electron chi connectivity index (χ3n) is 3.97. The summed E-state index contributed by atoms with van der Waals surface area (Å²) in [5.74, 6) is 0. The van der Waals surface area contributed by atoms with Crippen LogP contribution in [0, 0.1) is 0 Å². The number of aromatic nitrogens is 1. The van der Waals surface area contributed by atoms with Gasteiger partial charge in [0, 0.05) is 17.1 Å². The fourth-order valence-electron chi connectivity index (χ4n) is 2.92. The lowest BCUT2D eigenvalue weighted by Gasteiger charge is -2.24. The maximum Gasteiger partial charge on any atom is 0.322 e. The Hall–Kier alpha value is -1.92. The van der Waals surface area contributed by atoms with E-state index in [4.69, 9.17) is 0 Å². The number of amides is 2. The molecule has 4 nitrogen and oxygen atoms in total. The third kappa shape index (κ3) is 2.48. The molecule has 1 aliphatic rings. The van der Waals surface area contributed by atoms with Crippen molar-refractivity contribution in [2.45, 2.75) is 18.9 Å². The van der Waals surface area contributed by atoms with Crippen molar-refractivity contribution in [3.05, 3.63) is 46.1 Å². The van der Waals surface area contributed by atoms with E-state index in [0.717, 1.165) is 35.3 Å². The van der Waals surface area contributed by atoms with E-state index in [-0.39, 0.29) is 12.1 Å². The van der Waals surface area contributed by atoms with E-state index in [2.05, 4.69) is 21.7 Å². The van der Waals surface area contributed by atoms with Crippen LogP contribution in [0.2, 0.25) is 0 Å². The Morgan fingerprint density at radius 1 is 1.32 bits per heavy atom. The van der Waals surface area contributed by atoms with Crippen molar-refractivity contribution in [3.8, 4) is 0 Å². The number of hydrogen-bond acceptors (Lipinski definition) is 4. The number of fused-ring (bicyclic) bond motifs is 1. The Morgan fingerprint density at radius 2 is 2.27 bits per heavy atom. The maximum absolute atomic E-state index is 12.6. The Bertz CT molecular complexity index is 797. The highest BCUT2D eigenvalue weighted by atomic mass is 32.1. The summed E-state index contributed by atoms with van der Waals surface area (Å²) >= 11 is 3.33. The number of carbonyl (C=O) groups is 1. The molecule has 0 aliphatic carbocycles. The molecule has 0 spiro atoms. The molecule has 0 radical (unpaired) electrons. The summed E-state index contributed by atoms with van der Waals surface area (Å²) in [6.45, 7) is 0.813. The van der Waals surface area contributed by atoms with Crippen LogP contribution in [-0.4, -0.2) is 22.5 Å². The summed E-state index contributed by atoms with van der Waals surface area (Å²) in [4.78, 5) is 20.1. The van der Waals surface area contributed by atoms with Crippen molar-refractivity contribution < 1.29 is 4.79 Å². The van der Waals surface area contributed by atoms with Crippen molar-refractivity contribution >= 4 is 44.6 Å². The van der Waals surface area contributed by atoms with Crippen LogP contribution in [0.15, 0.2) is 41.2 Å². The van der Waals surface area contributed by atoms with Gasteiger partial charge in [0.05, 0.1) is 21.8 Å². The van der Waals surface area contributed by atoms with E-state index in [9.17, 15) is 4.79 Å². The van der Waals surface area contributed by atoms with E-state index in [1.54, 1.807) is 22.7 Å². The molecule has 0 bridgehead atoms. The first-order valence-corrected chi connectivity index (χ1v) is 9.01. The number of nitrogens with one attached hydrogen (secondary N) is 1. The number of rotatable bonds is 2. The first kappa shape index (κ1) is 13.7. The van der Waals surface area contributed by atoms with Gasteiger partial charge in [0.2, 0.25) is 0 Å². The van der Waals surface area contributed by atoms with Gasteiger partial charge in [-0.3, -0.25) is 0 Å². The van der Waals surface area contributed by atoms with Gasteiger partial charge in [-0.1, -0.05) is 6.07 Å². The van der Waals surface area contributed by atoms with Crippen molar-refractivity contribution in [2.24, 2.45) is 0 Å². The maximum atomic E-state index is 12.6. The summed E-state index contributed by atoms with van der Waals surface area (Å²) in [6.07, 6.45) is 2.10. The molecular formula is C16H15N3OS2. The van der Waals surface area contributed by atoms with E-state index < -0.39 is 0 Å². The average molecular weight is 329 g/mol. The highest BCUT2D eigenvalue weighted by Gasteiger charge is 2.30. The largest absolute Gasteiger partial charge is 0.322 e. The van der Waals surface area contributed by atoms with Gasteiger partial charge in [0.25, 0.3) is 0 Å². The molecule has 2 aromatic heterocycles. The number of urea groups is 1. The second kappa shape index (κ2) is 5.70. The first-order chi connectivity index (χ1) is 10.8. The molecule has 4 rings (SSSR count). The van der Waals surface area contributed by atoms with Crippen LogP contribution in [0.25, 0.3) is 10.2 Å². The Labute approximate surface area is 136 Å². The Balaban J connectivity index is 1.53. The number of benzene rings is 1. The molecule has 112 valence electrons. The summed E-state index contributed by atoms with van der Waals surface area (Å²) in [5.41, 5.74) is 3.56. The lowest BCUT2D eigenvalue weighted by molar-refractivity contribution is 0.208. The lowest BCUT2D eigenvalue weighted by atomic mass is 10.2. The van der Waals surface area contributed by atoms with Gasteiger partial charge >= 0.3 is 6.03 Å². The molecule has 2 amide bonds. The summed E-state index contributed by atoms with van der Waals surface area (Å²) in [7, 11) is 0. The predicted octanol–water partition coefficient (Wildman–Crippen LogP) is 4.73. The molecule has 1 saturated heterocycles. The van der Waals surface area contributed by atoms with Crippen molar-refractivity contribution in [2.75, 3.05) is 11.9 Å². The van der Waals surface area contributed by atoms with Gasteiger partial charge in [0.1, 0.15) is 0 Å². The van der Waals surface area contributed by atoms with Crippen LogP contribution < -0.4 is 5.32 Å². The molecule has 1 aliphatic heterocycles. The summed E-state index contributed by atoms with van der Waals surface area (Å²) < 4.78 is 1.13. The standard InChI is InChI=1S/C16H15N3OS2/c20-16(18-11-5-6-14-12(9-11)17-10-22-14)19-7-1-3-13(19)15-4-2-8-21-15/h2,4-6,8-10,13H,1,3,7H2,(H,18,20). The van der Waals surface area contributed by atoms with Crippen LogP contribution in [0.1, 0.15) is 23.8 Å². The van der Waals surface area contributed by atoms with Crippen LogP contribution >= 0.6 is 22.7 Å². The number of anilines is 1. The minimum Gasteiger partial charge on any atom is -0.317 e. The van der Waals surface area contributed by atoms with Crippen LogP contribution in [0.3, 0.4) is 0 Å². The highest BCUT2D eigenvalue weighted by molar-refractivity contribution is 7.16. The smallest absolute Gasteiger partial charge is 0.317 e. The molecule has 1 atom stereocenters. The quantitative estimate of drug-likeness (QED) is 0.739. The van der Waals surface area contributed by atoms with Gasteiger partial charge < -0.3 is 10.2 Å². The molecule has 1 fully saturated rings. The van der Waals surface area contributed by atoms with Crippen LogP contribution in [-0.2, 0) is 0 Å². The Kier molecular flexibility index (Phi) is 3.56. The molecule has 6 heteroatoms. The molecule has 22 heavy (non-hydrogen) atoms. The zero-order chi connectivity index (χ0) is 14.9. The van der Waals surface area contributed by atoms with Crippen LogP contribution in [0.4, 0.5) is 10.5 Å². The van der Waals surface area contributed by atoms with Gasteiger partial charge in [-0.25, -0.2) is 9.78 Å². The third-order valence-corrected chi connectivity index (χ3v) is 5.75. The lowest BCUT2D eigenvalue weighted by Crippen LogP contribution is -2.34. The fourth-order valence-corrected chi connectivity index (χ4v) is 4.45. The minimum atomic E-state index is -0.0227. The number of hydrogen-bond donors (Lipinski definition) is 1. The van der Waals surface area contributed by atoms with Gasteiger partial charge in [-0.15, -0.1) is 22.7 Å². The number of nitrogens with zero attached hydrogens (tertiary/aromatic N) is 2. The van der Waals surface area contributed by atoms with E-state index >= 15 is 0 Å². The SMILES string of the molecule is O=C(Nc1ccc2scnc2c1)N1CCCC1c1cccs1. The number of thiophene rings is 1. The number of carbonyl (C=O) groups excluding carboxylic acids is 1. The van der Waals surface area contributed by atoms with Crippen molar-refractivity contribution in [1.29, 1.82) is 0 Å². The average Bonchev–Trinajstić information content (AvgIpc) is 3.26. The van der Waals surface area contributed by atoms with E-state index in [0.29, 0.717) is 0 Å². The number of likely N-dealkylation sites (tertiary alicyclic amines) is 1. The predicted molar refractivity (Wildman–Crippen MR) is 91.6 cm³/mol. The van der Waals surface area contributed by atoms with Crippen molar-refractivity contribution in [1.82, 2.24) is 9.88 Å². The normalized spacial score (nSPS) is 18.0. The minimum absolute atomic E-state index is 0.0227. The van der Waals surface area contributed by atoms with Gasteiger partial charge in [-0.05, 0) is 42.5 Å². The van der Waals surface area contributed by atoms with E-state index in [1.165, 1.54) is 4.88 Å². The molecule has 3 heterocycles. The molecule has 0 saturated carbocycles. The molecular weight excluding hydrogens is 314 g/mol. The summed E-state index contributed by atoms with van der Waals surface area (Å²) in [6, 6.07) is 10.2. The topological polar surface area (TPSA) is 45.2 Å². The Morgan fingerprint density at radius 3 is 3.14 bits per heavy atom. The second-order valence-electron chi connectivity index (χ2n) is 5.33. The van der Waals surface area contributed by atoms with Gasteiger partial charge in [0.15, 0.2) is 0 Å². The van der Waals surface area contributed by atoms with Gasteiger partial charge in [-0.2, -0.15) is 0 Å². The van der Waals surface area contributed by atoms with E-state index in [1.807, 2.05) is 34.7 Å². The monoisotopic (exact) mass is 329 g/mol. The molecule has 1 unspecified atom stereocenters. The summed E-state index contributed by atoms with van der Waals surface area (Å²) in [5, 5.41) is 5.08. The highest BCUT2D eigenvalue weighted by Crippen LogP contribution is 2.35. The van der Waals surface area contributed by atoms with Crippen LogP contribution in [0.5, 0.6) is 0 Å². The molecule has 1 aromatic carbocycles. The zero-order valence-electron chi connectivity index (χ0n) is 11.9. The molecule has 3 aromatic rings. The molecule has 1 N–H and O–H groups in total.